The maximum atomic E-state index is 12.1. The lowest BCUT2D eigenvalue weighted by Gasteiger charge is -2.31. The highest BCUT2D eigenvalue weighted by Crippen LogP contribution is 2.39. The van der Waals surface area contributed by atoms with Gasteiger partial charge in [0.2, 0.25) is 0 Å². The maximum absolute atomic E-state index is 12.1. The predicted octanol–water partition coefficient (Wildman–Crippen LogP) is 10.9. The van der Waals surface area contributed by atoms with E-state index in [1.807, 2.05) is 0 Å². The van der Waals surface area contributed by atoms with Crippen molar-refractivity contribution in [2.75, 3.05) is 19.8 Å². The summed E-state index contributed by atoms with van der Waals surface area (Å²) in [6.07, 6.45) is 25.9. The van der Waals surface area contributed by atoms with Crippen LogP contribution in [-0.2, 0) is 20.7 Å². The fourth-order valence-corrected chi connectivity index (χ4v) is 8.07. The molecule has 280 valence electrons. The number of hydrogen-bond donors (Lipinski definition) is 2. The van der Waals surface area contributed by atoms with Crippen molar-refractivity contribution < 1.29 is 24.5 Å². The average molecular weight is 707 g/mol. The van der Waals surface area contributed by atoms with Crippen LogP contribution in [0.25, 0.3) is 10.8 Å². The Morgan fingerprint density at radius 3 is 2.13 bits per heavy atom. The number of aliphatic hydroxyl groups is 2. The van der Waals surface area contributed by atoms with Crippen molar-refractivity contribution in [3.8, 4) is 0 Å². The molecule has 2 aromatic carbocycles. The molecule has 0 saturated heterocycles. The number of fused-ring (bicyclic) bond motifs is 1. The van der Waals surface area contributed by atoms with E-state index in [-0.39, 0.29) is 31.3 Å². The molecule has 3 aliphatic rings. The second-order valence-corrected chi connectivity index (χ2v) is 15.6. The number of carbonyl (C=O) groups excluding carboxylic acids is 1. The fourth-order valence-electron chi connectivity index (χ4n) is 8.07. The van der Waals surface area contributed by atoms with Crippen molar-refractivity contribution >= 4 is 16.7 Å². The quantitative estimate of drug-likeness (QED) is 0.0500. The monoisotopic (exact) mass is 706 g/mol. The normalized spacial score (nSPS) is 20.3. The molecule has 0 spiro atoms. The Morgan fingerprint density at radius 2 is 1.50 bits per heavy atom. The van der Waals surface area contributed by atoms with E-state index >= 15 is 0 Å². The Bertz CT molecular complexity index is 1660. The van der Waals surface area contributed by atoms with Crippen LogP contribution in [0.5, 0.6) is 0 Å². The van der Waals surface area contributed by atoms with Gasteiger partial charge in [-0.15, -0.1) is 0 Å². The van der Waals surface area contributed by atoms with Crippen LogP contribution < -0.4 is 0 Å². The topological polar surface area (TPSA) is 76.0 Å². The van der Waals surface area contributed by atoms with E-state index in [9.17, 15) is 15.0 Å². The number of aryl methyl sites for hydroxylation is 1. The molecule has 1 saturated carbocycles. The van der Waals surface area contributed by atoms with Gasteiger partial charge in [0.05, 0.1) is 19.8 Å². The molecule has 3 aliphatic carbocycles. The number of esters is 1. The van der Waals surface area contributed by atoms with E-state index in [4.69, 9.17) is 9.47 Å². The van der Waals surface area contributed by atoms with E-state index in [1.54, 1.807) is 29.2 Å². The molecular formula is C47H62O5. The summed E-state index contributed by atoms with van der Waals surface area (Å²) in [5.74, 6) is 0.554. The number of aliphatic hydroxyl groups excluding tert-OH is 2. The van der Waals surface area contributed by atoms with Gasteiger partial charge in [0, 0.05) is 17.1 Å². The molecule has 0 aliphatic heterocycles. The largest absolute Gasteiger partial charge is 0.462 e. The van der Waals surface area contributed by atoms with Crippen LogP contribution in [0.2, 0.25) is 0 Å². The fraction of sp³-hybridized carbons (Fsp3) is 0.511. The van der Waals surface area contributed by atoms with Gasteiger partial charge in [-0.05, 0) is 135 Å². The molecule has 5 heteroatoms. The molecule has 2 N–H and O–H groups in total. The van der Waals surface area contributed by atoms with E-state index in [0.29, 0.717) is 17.4 Å². The summed E-state index contributed by atoms with van der Waals surface area (Å²) in [6, 6.07) is 14.1. The van der Waals surface area contributed by atoms with Gasteiger partial charge in [0.1, 0.15) is 0 Å². The number of carbonyl (C=O) groups is 1. The van der Waals surface area contributed by atoms with E-state index in [1.165, 1.54) is 73.3 Å². The third-order valence-corrected chi connectivity index (χ3v) is 11.5. The zero-order valence-corrected chi connectivity index (χ0v) is 31.8. The molecule has 0 aromatic heterocycles. The van der Waals surface area contributed by atoms with Crippen molar-refractivity contribution in [3.63, 3.8) is 0 Å². The van der Waals surface area contributed by atoms with E-state index < -0.39 is 12.3 Å². The van der Waals surface area contributed by atoms with Gasteiger partial charge in [0.15, 0.2) is 6.29 Å². The Morgan fingerprint density at radius 1 is 0.827 bits per heavy atom. The Kier molecular flexibility index (Phi) is 15.3. The highest BCUT2D eigenvalue weighted by Gasteiger charge is 2.27. The van der Waals surface area contributed by atoms with Crippen LogP contribution in [0.15, 0.2) is 107 Å². The molecule has 52 heavy (non-hydrogen) atoms. The highest BCUT2D eigenvalue weighted by molar-refractivity contribution is 5.87. The number of hydrogen-bond acceptors (Lipinski definition) is 5. The molecule has 0 radical (unpaired) electrons. The lowest BCUT2D eigenvalue weighted by molar-refractivity contribution is -0.143. The first-order valence-corrected chi connectivity index (χ1v) is 19.9. The summed E-state index contributed by atoms with van der Waals surface area (Å²) in [4.78, 5) is 12.1. The Balaban J connectivity index is 1.10. The summed E-state index contributed by atoms with van der Waals surface area (Å²) in [5, 5.41) is 22.0. The van der Waals surface area contributed by atoms with Crippen molar-refractivity contribution in [3.05, 3.63) is 118 Å². The summed E-state index contributed by atoms with van der Waals surface area (Å²) < 4.78 is 11.1. The van der Waals surface area contributed by atoms with Crippen molar-refractivity contribution in [2.24, 2.45) is 11.8 Å². The molecular weight excluding hydrogens is 645 g/mol. The molecule has 2 aromatic rings. The third-order valence-electron chi connectivity index (χ3n) is 11.5. The van der Waals surface area contributed by atoms with Crippen molar-refractivity contribution in [1.82, 2.24) is 0 Å². The maximum Gasteiger partial charge on any atom is 0.333 e. The molecule has 2 unspecified atom stereocenters. The first-order chi connectivity index (χ1) is 25.2. The van der Waals surface area contributed by atoms with Crippen LogP contribution >= 0.6 is 0 Å². The molecule has 0 heterocycles. The molecule has 5 rings (SSSR count). The SMILES string of the molecule is C=C(C)C(=O)OCC(COC(O)C(=C)CO)CC1CCC(c2ccc3cc(CCC4=CC=C(C5=CC=C(CCCCC)CC5)CC4)ccc3c2)CC1. The molecule has 0 bridgehead atoms. The van der Waals surface area contributed by atoms with Crippen LogP contribution in [0.4, 0.5) is 0 Å². The van der Waals surface area contributed by atoms with Gasteiger partial charge < -0.3 is 19.7 Å². The van der Waals surface area contributed by atoms with Gasteiger partial charge in [0.25, 0.3) is 0 Å². The Labute approximate surface area is 312 Å². The van der Waals surface area contributed by atoms with E-state index in [2.05, 4.69) is 80.8 Å². The number of rotatable bonds is 19. The summed E-state index contributed by atoms with van der Waals surface area (Å²) in [6.45, 7) is 11.3. The first kappa shape index (κ1) is 39.7. The minimum atomic E-state index is -1.24. The minimum Gasteiger partial charge on any atom is -0.462 e. The minimum absolute atomic E-state index is 0.0605. The molecule has 2 atom stereocenters. The first-order valence-electron chi connectivity index (χ1n) is 19.9. The van der Waals surface area contributed by atoms with Gasteiger partial charge in [-0.3, -0.25) is 0 Å². The zero-order valence-electron chi connectivity index (χ0n) is 31.8. The highest BCUT2D eigenvalue weighted by atomic mass is 16.6. The summed E-state index contributed by atoms with van der Waals surface area (Å²) >= 11 is 0. The van der Waals surface area contributed by atoms with Gasteiger partial charge in [-0.2, -0.15) is 0 Å². The number of unbranched alkanes of at least 4 members (excludes halogenated alkanes) is 2. The third kappa shape index (κ3) is 11.7. The van der Waals surface area contributed by atoms with Crippen molar-refractivity contribution in [1.29, 1.82) is 0 Å². The summed E-state index contributed by atoms with van der Waals surface area (Å²) in [7, 11) is 0. The van der Waals surface area contributed by atoms with Crippen LogP contribution in [-0.4, -0.2) is 42.3 Å². The number of benzene rings is 2. The Hall–Kier alpha value is -3.51. The zero-order chi connectivity index (χ0) is 36.9. The smallest absolute Gasteiger partial charge is 0.333 e. The lowest BCUT2D eigenvalue weighted by atomic mass is 9.75. The summed E-state index contributed by atoms with van der Waals surface area (Å²) in [5.41, 5.74) is 9.70. The van der Waals surface area contributed by atoms with Crippen LogP contribution in [0.3, 0.4) is 0 Å². The standard InChI is InChI=1S/C47H62O5/c1-5-6-7-8-35-11-18-40(19-12-35)41-20-13-36(14-21-41)9-10-38-17-24-45-29-44(26-25-43(45)28-38)42-22-15-37(16-23-42)27-39(31-51-46(49)33(2)3)32-52-47(50)34(4)30-48/h11,13,17-18,20,24-26,28-29,37,39,42,47-48,50H,2,4-10,12,14-16,19,21-23,27,30-32H2,1,3H3. The van der Waals surface area contributed by atoms with E-state index in [0.717, 1.165) is 44.9 Å². The average Bonchev–Trinajstić information content (AvgIpc) is 3.18. The van der Waals surface area contributed by atoms with Crippen LogP contribution in [0.1, 0.15) is 121 Å². The number of allylic oxidation sites excluding steroid dienone is 8. The van der Waals surface area contributed by atoms with Crippen molar-refractivity contribution in [2.45, 2.75) is 122 Å². The second-order valence-electron chi connectivity index (χ2n) is 15.6. The number of ether oxygens (including phenoxy) is 2. The molecule has 1 fully saturated rings. The van der Waals surface area contributed by atoms with Gasteiger partial charge in [-0.1, -0.05) is 105 Å². The lowest BCUT2D eigenvalue weighted by Crippen LogP contribution is -2.27. The molecule has 5 nitrogen and oxygen atoms in total. The predicted molar refractivity (Wildman–Crippen MR) is 214 cm³/mol. The second kappa shape index (κ2) is 20.1. The van der Waals surface area contributed by atoms with Gasteiger partial charge >= 0.3 is 5.97 Å². The van der Waals surface area contributed by atoms with Crippen LogP contribution in [0, 0.1) is 11.8 Å². The molecule has 0 amide bonds. The van der Waals surface area contributed by atoms with Gasteiger partial charge in [-0.25, -0.2) is 4.79 Å².